The summed E-state index contributed by atoms with van der Waals surface area (Å²) >= 11 is 0. The second-order valence-corrected chi connectivity index (χ2v) is 7.46. The van der Waals surface area contributed by atoms with Crippen LogP contribution in [0.3, 0.4) is 0 Å². The van der Waals surface area contributed by atoms with Crippen molar-refractivity contribution in [3.63, 3.8) is 0 Å². The zero-order valence-electron chi connectivity index (χ0n) is 10.6. The molecule has 1 fully saturated rings. The second kappa shape index (κ2) is 6.09. The van der Waals surface area contributed by atoms with Crippen molar-refractivity contribution in [3.05, 3.63) is 29.8 Å². The van der Waals surface area contributed by atoms with Crippen LogP contribution in [0.5, 0.6) is 0 Å². The minimum Gasteiger partial charge on any atom is -0.310 e. The smallest absolute Gasteiger partial charge is 0.175 e. The lowest BCUT2D eigenvalue weighted by Gasteiger charge is -2.30. The topological polar surface area (TPSA) is 46.2 Å². The van der Waals surface area contributed by atoms with E-state index < -0.39 is 15.2 Å². The van der Waals surface area contributed by atoms with E-state index in [-0.39, 0.29) is 0 Å². The third-order valence-corrected chi connectivity index (χ3v) is 4.13. The minimum atomic E-state index is -3.03. The molecule has 1 N–H and O–H groups in total. The maximum absolute atomic E-state index is 12.1. The fourth-order valence-electron chi connectivity index (χ4n) is 1.34. The summed E-state index contributed by atoms with van der Waals surface area (Å²) in [4.78, 5) is 0.389. The Bertz CT molecular complexity index is 479. The zero-order valence-corrected chi connectivity index (χ0v) is 12.6. The van der Waals surface area contributed by atoms with Crippen molar-refractivity contribution in [3.8, 4) is 0 Å². The highest BCUT2D eigenvalue weighted by molar-refractivity contribution is 7.90. The third kappa shape index (κ3) is 5.01. The normalized spacial score (nSPS) is 17.3. The van der Waals surface area contributed by atoms with Crippen molar-refractivity contribution in [2.75, 3.05) is 19.3 Å². The Morgan fingerprint density at radius 3 is 2.00 bits per heavy atom. The summed E-state index contributed by atoms with van der Waals surface area (Å²) in [6.07, 6.45) is 2.15. The van der Waals surface area contributed by atoms with Gasteiger partial charge in [0.1, 0.15) is 5.41 Å². The van der Waals surface area contributed by atoms with Crippen molar-refractivity contribution in [2.45, 2.75) is 23.6 Å². The van der Waals surface area contributed by atoms with E-state index in [1.807, 2.05) is 19.1 Å². The number of alkyl halides is 1. The van der Waals surface area contributed by atoms with Crippen LogP contribution in [-0.4, -0.2) is 33.2 Å². The Labute approximate surface area is 110 Å². The van der Waals surface area contributed by atoms with E-state index in [1.165, 1.54) is 6.26 Å². The lowest BCUT2D eigenvalue weighted by atomic mass is 10.2. The van der Waals surface area contributed by atoms with Gasteiger partial charge in [-0.2, -0.15) is 0 Å². The van der Waals surface area contributed by atoms with E-state index in [2.05, 4.69) is 14.6 Å². The Hall–Kier alpha value is -0.510. The third-order valence-electron chi connectivity index (χ3n) is 2.60. The first-order valence-corrected chi connectivity index (χ1v) is 8.19. The molecule has 1 aliphatic rings. The van der Waals surface area contributed by atoms with Gasteiger partial charge >= 0.3 is 0 Å². The molecule has 1 aliphatic heterocycles. The lowest BCUT2D eigenvalue weighted by Crippen LogP contribution is -2.51. The van der Waals surface area contributed by atoms with Gasteiger partial charge in [0.2, 0.25) is 0 Å². The van der Waals surface area contributed by atoms with Crippen molar-refractivity contribution in [1.29, 1.82) is 0 Å². The van der Waals surface area contributed by atoms with E-state index in [9.17, 15) is 12.8 Å². The van der Waals surface area contributed by atoms with Gasteiger partial charge in [-0.1, -0.05) is 28.3 Å². The molecule has 1 heterocycles. The lowest BCUT2D eigenvalue weighted by molar-refractivity contribution is 0.196. The Balaban J connectivity index is 0.000000225. The van der Waals surface area contributed by atoms with Crippen LogP contribution >= 0.6 is 9.24 Å². The van der Waals surface area contributed by atoms with Crippen LogP contribution in [0.25, 0.3) is 0 Å². The molecular weight excluding hydrogens is 272 g/mol. The largest absolute Gasteiger partial charge is 0.310 e. The number of aryl methyl sites for hydroxylation is 1. The highest BCUT2D eigenvalue weighted by Gasteiger charge is 2.30. The van der Waals surface area contributed by atoms with Crippen LogP contribution in [0.2, 0.25) is 0 Å². The van der Waals surface area contributed by atoms with Crippen LogP contribution in [0.15, 0.2) is 29.2 Å². The van der Waals surface area contributed by atoms with Crippen molar-refractivity contribution in [2.24, 2.45) is 0 Å². The predicted molar refractivity (Wildman–Crippen MR) is 75.3 cm³/mol. The first kappa shape index (κ1) is 15.5. The van der Waals surface area contributed by atoms with Crippen LogP contribution < -0.4 is 5.32 Å². The monoisotopic (exact) mass is 291 g/mol. The Morgan fingerprint density at radius 2 is 1.78 bits per heavy atom. The minimum absolute atomic E-state index is 0.389. The highest BCUT2D eigenvalue weighted by Crippen LogP contribution is 2.23. The molecule has 0 bridgehead atoms. The van der Waals surface area contributed by atoms with Gasteiger partial charge in [-0.15, -0.1) is 0 Å². The van der Waals surface area contributed by atoms with Gasteiger partial charge < -0.3 is 5.32 Å². The number of rotatable bonds is 2. The summed E-state index contributed by atoms with van der Waals surface area (Å²) in [5, 5.41) is 1.83. The zero-order chi connectivity index (χ0) is 13.8. The Kier molecular flexibility index (Phi) is 5.26. The molecule has 0 aliphatic carbocycles. The maximum Gasteiger partial charge on any atom is 0.175 e. The van der Waals surface area contributed by atoms with E-state index in [0.29, 0.717) is 18.0 Å². The van der Waals surface area contributed by atoms with Crippen molar-refractivity contribution >= 4 is 19.1 Å². The van der Waals surface area contributed by atoms with Gasteiger partial charge in [-0.3, -0.25) is 0 Å². The summed E-state index contributed by atoms with van der Waals surface area (Å²) in [5.74, 6) is 0. The van der Waals surface area contributed by atoms with Gasteiger partial charge in [0.15, 0.2) is 9.84 Å². The van der Waals surface area contributed by atoms with Gasteiger partial charge in [-0.25, -0.2) is 12.8 Å². The molecule has 6 heteroatoms. The van der Waals surface area contributed by atoms with Gasteiger partial charge in [0, 0.05) is 19.3 Å². The molecule has 1 saturated heterocycles. The molecule has 1 unspecified atom stereocenters. The van der Waals surface area contributed by atoms with Crippen molar-refractivity contribution < 1.29 is 12.8 Å². The predicted octanol–water partition coefficient (Wildman–Crippen LogP) is 1.78. The first-order chi connectivity index (χ1) is 8.24. The second-order valence-electron chi connectivity index (χ2n) is 4.41. The molecule has 1 aromatic rings. The van der Waals surface area contributed by atoms with Crippen LogP contribution in [0, 0.1) is 0 Å². The molecule has 0 saturated carbocycles. The standard InChI is InChI=1S/C9H12O2S.C3H7FNP/c1-3-8-4-6-9(7-5-8)12(2,10)11;4-3(6)1-5-2-3/h4-7H,3H2,1-2H3;5H,1-2,6H2. The Morgan fingerprint density at radius 1 is 1.33 bits per heavy atom. The number of nitrogens with one attached hydrogen (secondary N) is 1. The highest BCUT2D eigenvalue weighted by atomic mass is 32.2. The number of sulfone groups is 1. The average Bonchev–Trinajstić information content (AvgIpc) is 2.27. The molecule has 0 radical (unpaired) electrons. The van der Waals surface area contributed by atoms with Gasteiger partial charge in [-0.05, 0) is 24.1 Å². The summed E-state index contributed by atoms with van der Waals surface area (Å²) < 4.78 is 34.2. The van der Waals surface area contributed by atoms with Crippen molar-refractivity contribution in [1.82, 2.24) is 5.32 Å². The first-order valence-electron chi connectivity index (χ1n) is 5.72. The number of hydrogen-bond acceptors (Lipinski definition) is 3. The molecule has 1 aromatic carbocycles. The quantitative estimate of drug-likeness (QED) is 0.845. The number of hydrogen-bond donors (Lipinski definition) is 1. The SMILES string of the molecule is CCc1ccc(S(C)(=O)=O)cc1.FC1(P)CNC1. The van der Waals surface area contributed by atoms with Crippen LogP contribution in [0.4, 0.5) is 4.39 Å². The molecule has 18 heavy (non-hydrogen) atoms. The van der Waals surface area contributed by atoms with E-state index in [1.54, 1.807) is 12.1 Å². The molecule has 102 valence electrons. The fraction of sp³-hybridized carbons (Fsp3) is 0.500. The summed E-state index contributed by atoms with van der Waals surface area (Å²) in [5.41, 5.74) is 1.16. The van der Waals surface area contributed by atoms with Crippen LogP contribution in [0.1, 0.15) is 12.5 Å². The van der Waals surface area contributed by atoms with E-state index in [4.69, 9.17) is 0 Å². The average molecular weight is 291 g/mol. The summed E-state index contributed by atoms with van der Waals surface area (Å²) in [7, 11) is -0.878. The molecule has 1 atom stereocenters. The molecule has 3 nitrogen and oxygen atoms in total. The summed E-state index contributed by atoms with van der Waals surface area (Å²) in [6, 6.07) is 6.98. The van der Waals surface area contributed by atoms with Gasteiger partial charge in [0.25, 0.3) is 0 Å². The van der Waals surface area contributed by atoms with E-state index >= 15 is 0 Å². The van der Waals surface area contributed by atoms with E-state index in [0.717, 1.165) is 12.0 Å². The molecule has 0 aromatic heterocycles. The number of benzene rings is 1. The summed E-state index contributed by atoms with van der Waals surface area (Å²) in [6.45, 7) is 3.03. The molecular formula is C12H19FNO2PS. The maximum atomic E-state index is 12.1. The molecule has 0 amide bonds. The molecule has 2 rings (SSSR count). The van der Waals surface area contributed by atoms with Crippen LogP contribution in [-0.2, 0) is 16.3 Å². The number of halogens is 1. The van der Waals surface area contributed by atoms with Gasteiger partial charge in [0.05, 0.1) is 4.90 Å². The molecule has 0 spiro atoms. The fourth-order valence-corrected chi connectivity index (χ4v) is 2.26.